The third-order valence-electron chi connectivity index (χ3n) is 0.738. The Kier molecular flexibility index (Phi) is 4.82. The fourth-order valence-corrected chi connectivity index (χ4v) is 0.377. The Labute approximate surface area is 58.7 Å². The Bertz CT molecular complexity index is 104. The molecule has 0 amide bonds. The lowest BCUT2D eigenvalue weighted by Crippen LogP contribution is -2.24. The molecule has 5 nitrogen and oxygen atoms in total. The average molecular weight is 149 g/mol. The van der Waals surface area contributed by atoms with Crippen LogP contribution in [-0.2, 0) is 9.53 Å². The highest BCUT2D eigenvalue weighted by atomic mass is 16.8. The van der Waals surface area contributed by atoms with Crippen molar-refractivity contribution in [3.63, 3.8) is 0 Å². The molecular formula is C5H11NO4. The van der Waals surface area contributed by atoms with Crippen LogP contribution in [0.1, 0.15) is 13.3 Å². The molecule has 0 unspecified atom stereocenters. The summed E-state index contributed by atoms with van der Waals surface area (Å²) in [4.78, 5) is 10.4. The minimum atomic E-state index is -0.646. The van der Waals surface area contributed by atoms with Crippen molar-refractivity contribution in [1.29, 1.82) is 0 Å². The van der Waals surface area contributed by atoms with Crippen molar-refractivity contribution < 1.29 is 19.9 Å². The highest BCUT2D eigenvalue weighted by Gasteiger charge is 2.04. The maximum absolute atomic E-state index is 10.4. The minimum Gasteiger partial charge on any atom is -0.465 e. The van der Waals surface area contributed by atoms with Crippen LogP contribution < -0.4 is 0 Å². The number of hydrogen-bond acceptors (Lipinski definition) is 5. The predicted molar refractivity (Wildman–Crippen MR) is 31.5 cm³/mol. The van der Waals surface area contributed by atoms with Crippen LogP contribution in [0.5, 0.6) is 0 Å². The molecule has 0 saturated heterocycles. The van der Waals surface area contributed by atoms with Gasteiger partial charge in [-0.3, -0.25) is 15.2 Å². The van der Waals surface area contributed by atoms with Gasteiger partial charge in [0.15, 0.2) is 0 Å². The number of hydroxylamine groups is 2. The smallest absolute Gasteiger partial charge is 0.325 e. The molecule has 0 saturated carbocycles. The monoisotopic (exact) mass is 149 g/mol. The molecule has 0 aliphatic rings. The van der Waals surface area contributed by atoms with Gasteiger partial charge in [0.05, 0.1) is 6.61 Å². The molecule has 0 aliphatic carbocycles. The quantitative estimate of drug-likeness (QED) is 0.435. The summed E-state index contributed by atoms with van der Waals surface area (Å²) in [5.41, 5.74) is 0. The van der Waals surface area contributed by atoms with Gasteiger partial charge in [-0.25, -0.2) is 0 Å². The lowest BCUT2D eigenvalue weighted by atomic mass is 10.5. The van der Waals surface area contributed by atoms with Gasteiger partial charge in [-0.15, -0.1) is 0 Å². The Hall–Kier alpha value is -0.650. The van der Waals surface area contributed by atoms with Gasteiger partial charge in [-0.1, -0.05) is 12.2 Å². The van der Waals surface area contributed by atoms with Gasteiger partial charge < -0.3 is 4.74 Å². The lowest BCUT2D eigenvalue weighted by Gasteiger charge is -2.04. The second kappa shape index (κ2) is 5.16. The predicted octanol–water partition coefficient (Wildman–Crippen LogP) is 0.0200. The van der Waals surface area contributed by atoms with E-state index in [9.17, 15) is 4.79 Å². The van der Waals surface area contributed by atoms with Gasteiger partial charge >= 0.3 is 5.97 Å². The second-order valence-corrected chi connectivity index (χ2v) is 1.75. The summed E-state index contributed by atoms with van der Waals surface area (Å²) in [5, 5.41) is 16.0. The molecule has 0 heterocycles. The Morgan fingerprint density at radius 3 is 2.60 bits per heavy atom. The van der Waals surface area contributed by atoms with Crippen molar-refractivity contribution >= 4 is 5.97 Å². The van der Waals surface area contributed by atoms with Crippen molar-refractivity contribution in [2.24, 2.45) is 0 Å². The first-order valence-electron chi connectivity index (χ1n) is 2.97. The summed E-state index contributed by atoms with van der Waals surface area (Å²) in [7, 11) is 0. The van der Waals surface area contributed by atoms with Gasteiger partial charge in [0.1, 0.15) is 6.54 Å². The molecule has 10 heavy (non-hydrogen) atoms. The standard InChI is InChI=1S/C5H11NO4/c1-2-3-10-5(7)4-6(8)9/h8-9H,2-4H2,1H3. The molecule has 0 rings (SSSR count). The number of nitrogens with zero attached hydrogens (tertiary/aromatic N) is 1. The first kappa shape index (κ1) is 9.35. The summed E-state index contributed by atoms with van der Waals surface area (Å²) >= 11 is 0. The normalized spacial score (nSPS) is 10.0. The van der Waals surface area contributed by atoms with Crippen LogP contribution >= 0.6 is 0 Å². The zero-order valence-corrected chi connectivity index (χ0v) is 5.78. The van der Waals surface area contributed by atoms with E-state index in [1.54, 1.807) is 0 Å². The molecule has 0 aromatic rings. The SMILES string of the molecule is CCCOC(=O)CN(O)O. The molecule has 0 aliphatic heterocycles. The molecular weight excluding hydrogens is 138 g/mol. The van der Waals surface area contributed by atoms with Crippen molar-refractivity contribution in [1.82, 2.24) is 5.23 Å². The van der Waals surface area contributed by atoms with Crippen LogP contribution in [0, 0.1) is 0 Å². The number of carbonyl (C=O) groups is 1. The minimum absolute atomic E-state index is 0.210. The molecule has 0 radical (unpaired) electrons. The van der Waals surface area contributed by atoms with Crippen LogP contribution in [0.3, 0.4) is 0 Å². The van der Waals surface area contributed by atoms with Gasteiger partial charge in [-0.2, -0.15) is 0 Å². The van der Waals surface area contributed by atoms with Crippen LogP contribution in [0.15, 0.2) is 0 Å². The van der Waals surface area contributed by atoms with E-state index in [0.29, 0.717) is 6.61 Å². The van der Waals surface area contributed by atoms with Crippen molar-refractivity contribution in [3.05, 3.63) is 0 Å². The maximum Gasteiger partial charge on any atom is 0.325 e. The highest BCUT2D eigenvalue weighted by molar-refractivity contribution is 5.71. The third kappa shape index (κ3) is 5.49. The Morgan fingerprint density at radius 2 is 2.20 bits per heavy atom. The van der Waals surface area contributed by atoms with E-state index in [4.69, 9.17) is 10.4 Å². The summed E-state index contributed by atoms with van der Waals surface area (Å²) < 4.78 is 4.50. The molecule has 0 spiro atoms. The lowest BCUT2D eigenvalue weighted by molar-refractivity contribution is -0.304. The van der Waals surface area contributed by atoms with E-state index in [0.717, 1.165) is 6.42 Å². The van der Waals surface area contributed by atoms with Gasteiger partial charge in [0.25, 0.3) is 0 Å². The molecule has 2 N–H and O–H groups in total. The van der Waals surface area contributed by atoms with E-state index in [1.807, 2.05) is 6.92 Å². The fourth-order valence-electron chi connectivity index (χ4n) is 0.377. The molecule has 0 aromatic heterocycles. The zero-order valence-electron chi connectivity index (χ0n) is 5.78. The molecule has 0 fully saturated rings. The van der Waals surface area contributed by atoms with Crippen LogP contribution in [0.2, 0.25) is 0 Å². The fraction of sp³-hybridized carbons (Fsp3) is 0.800. The second-order valence-electron chi connectivity index (χ2n) is 1.75. The van der Waals surface area contributed by atoms with Gasteiger partial charge in [-0.05, 0) is 6.42 Å². The van der Waals surface area contributed by atoms with Gasteiger partial charge in [0.2, 0.25) is 0 Å². The zero-order chi connectivity index (χ0) is 7.98. The number of hydrogen-bond donors (Lipinski definition) is 2. The van der Waals surface area contributed by atoms with Crippen LogP contribution in [0.25, 0.3) is 0 Å². The summed E-state index contributed by atoms with van der Waals surface area (Å²) in [6.07, 6.45) is 0.725. The first-order chi connectivity index (χ1) is 4.66. The van der Waals surface area contributed by atoms with E-state index in [1.165, 1.54) is 0 Å². The number of rotatable bonds is 4. The van der Waals surface area contributed by atoms with E-state index in [-0.39, 0.29) is 5.23 Å². The van der Waals surface area contributed by atoms with E-state index < -0.39 is 12.5 Å². The summed E-state index contributed by atoms with van der Waals surface area (Å²) in [6.45, 7) is 1.65. The molecule has 0 bridgehead atoms. The van der Waals surface area contributed by atoms with Crippen LogP contribution in [0.4, 0.5) is 0 Å². The summed E-state index contributed by atoms with van der Waals surface area (Å²) in [5.74, 6) is -0.646. The number of carbonyl (C=O) groups excluding carboxylic acids is 1. The van der Waals surface area contributed by atoms with Crippen molar-refractivity contribution in [2.45, 2.75) is 13.3 Å². The number of esters is 1. The Balaban J connectivity index is 3.26. The number of ether oxygens (including phenoxy) is 1. The Morgan fingerprint density at radius 1 is 1.60 bits per heavy atom. The van der Waals surface area contributed by atoms with Crippen molar-refractivity contribution in [2.75, 3.05) is 13.2 Å². The topological polar surface area (TPSA) is 70.0 Å². The molecule has 5 heteroatoms. The van der Waals surface area contributed by atoms with Crippen LogP contribution in [-0.4, -0.2) is 34.8 Å². The molecule has 0 atom stereocenters. The average Bonchev–Trinajstić information content (AvgIpc) is 1.82. The highest BCUT2D eigenvalue weighted by Crippen LogP contribution is 1.83. The molecule has 60 valence electrons. The molecule has 0 aromatic carbocycles. The largest absolute Gasteiger partial charge is 0.465 e. The third-order valence-corrected chi connectivity index (χ3v) is 0.738. The van der Waals surface area contributed by atoms with Crippen molar-refractivity contribution in [3.8, 4) is 0 Å². The van der Waals surface area contributed by atoms with E-state index >= 15 is 0 Å². The van der Waals surface area contributed by atoms with Gasteiger partial charge in [0, 0.05) is 0 Å². The van der Waals surface area contributed by atoms with E-state index in [2.05, 4.69) is 4.74 Å². The summed E-state index contributed by atoms with van der Waals surface area (Å²) in [6, 6.07) is 0. The first-order valence-corrected chi connectivity index (χ1v) is 2.97. The maximum atomic E-state index is 10.4.